The molecule has 0 bridgehead atoms. The maximum atomic E-state index is 12.6. The Hall–Kier alpha value is -1.83. The quantitative estimate of drug-likeness (QED) is 0.856. The van der Waals surface area contributed by atoms with Gasteiger partial charge in [0, 0.05) is 37.2 Å². The van der Waals surface area contributed by atoms with E-state index in [-0.39, 0.29) is 12.5 Å². The van der Waals surface area contributed by atoms with Crippen LogP contribution in [0.15, 0.2) is 18.2 Å². The molecule has 0 aromatic heterocycles. The molecule has 1 amide bonds. The molecule has 1 aliphatic heterocycles. The van der Waals surface area contributed by atoms with Gasteiger partial charge in [0.2, 0.25) is 0 Å². The Morgan fingerprint density at radius 2 is 2.33 bits per heavy atom. The molecular formula is C17H21NO3. The Balaban J connectivity index is 2.15. The van der Waals surface area contributed by atoms with Crippen molar-refractivity contribution in [2.45, 2.75) is 13.3 Å². The number of aliphatic hydroxyl groups is 1. The van der Waals surface area contributed by atoms with E-state index in [0.29, 0.717) is 18.1 Å². The molecule has 0 saturated carbocycles. The number of methoxy groups -OCH3 is 1. The number of likely N-dealkylation sites (tertiary alicyclic amines) is 1. The fraction of sp³-hybridized carbons (Fsp3) is 0.471. The molecule has 112 valence electrons. The van der Waals surface area contributed by atoms with Gasteiger partial charge in [-0.1, -0.05) is 17.9 Å². The number of carbonyl (C=O) groups excluding carboxylic acids is 1. The molecule has 1 saturated heterocycles. The summed E-state index contributed by atoms with van der Waals surface area (Å²) in [4.78, 5) is 14.5. The molecule has 1 atom stereocenters. The molecule has 21 heavy (non-hydrogen) atoms. The van der Waals surface area contributed by atoms with Gasteiger partial charge >= 0.3 is 0 Å². The monoisotopic (exact) mass is 287 g/mol. The van der Waals surface area contributed by atoms with E-state index >= 15 is 0 Å². The highest BCUT2D eigenvalue weighted by Gasteiger charge is 2.27. The lowest BCUT2D eigenvalue weighted by atomic mass is 10.0. The minimum atomic E-state index is -0.179. The SMILES string of the molecule is COCC1CCN(C(=O)c2cc(C#CCO)ccc2C)C1. The van der Waals surface area contributed by atoms with Crippen LogP contribution < -0.4 is 0 Å². The molecule has 1 aromatic rings. The first-order chi connectivity index (χ1) is 10.2. The number of rotatable bonds is 3. The molecule has 1 heterocycles. The predicted octanol–water partition coefficient (Wildman–Crippen LogP) is 1.45. The van der Waals surface area contributed by atoms with Crippen molar-refractivity contribution < 1.29 is 14.6 Å². The summed E-state index contributed by atoms with van der Waals surface area (Å²) in [6.45, 7) is 3.98. The number of ether oxygens (including phenoxy) is 1. The van der Waals surface area contributed by atoms with E-state index in [9.17, 15) is 4.79 Å². The van der Waals surface area contributed by atoms with Gasteiger partial charge in [-0.25, -0.2) is 0 Å². The lowest BCUT2D eigenvalue weighted by Crippen LogP contribution is -2.29. The Morgan fingerprint density at radius 1 is 1.52 bits per heavy atom. The predicted molar refractivity (Wildman–Crippen MR) is 81.0 cm³/mol. The Labute approximate surface area is 125 Å². The molecule has 4 heteroatoms. The van der Waals surface area contributed by atoms with Crippen LogP contribution in [0.5, 0.6) is 0 Å². The van der Waals surface area contributed by atoms with Gasteiger partial charge in [0.15, 0.2) is 0 Å². The summed E-state index contributed by atoms with van der Waals surface area (Å²) in [5.74, 6) is 5.94. The number of hydrogen-bond donors (Lipinski definition) is 1. The molecule has 1 fully saturated rings. The largest absolute Gasteiger partial charge is 0.384 e. The molecule has 4 nitrogen and oxygen atoms in total. The number of carbonyl (C=O) groups is 1. The van der Waals surface area contributed by atoms with Crippen LogP contribution in [0.25, 0.3) is 0 Å². The van der Waals surface area contributed by atoms with Crippen molar-refractivity contribution in [1.29, 1.82) is 0 Å². The number of aliphatic hydroxyl groups excluding tert-OH is 1. The van der Waals surface area contributed by atoms with Crippen LogP contribution >= 0.6 is 0 Å². The van der Waals surface area contributed by atoms with Crippen molar-refractivity contribution in [2.24, 2.45) is 5.92 Å². The lowest BCUT2D eigenvalue weighted by molar-refractivity contribution is 0.0774. The van der Waals surface area contributed by atoms with Gasteiger partial charge in [-0.2, -0.15) is 0 Å². The summed E-state index contributed by atoms with van der Waals surface area (Å²) in [5, 5.41) is 8.75. The number of benzene rings is 1. The number of hydrogen-bond acceptors (Lipinski definition) is 3. The van der Waals surface area contributed by atoms with E-state index < -0.39 is 0 Å². The zero-order valence-corrected chi connectivity index (χ0v) is 12.6. The summed E-state index contributed by atoms with van der Waals surface area (Å²) in [5.41, 5.74) is 2.40. The van der Waals surface area contributed by atoms with Gasteiger partial charge in [-0.3, -0.25) is 4.79 Å². The first-order valence-corrected chi connectivity index (χ1v) is 7.14. The number of amides is 1. The maximum Gasteiger partial charge on any atom is 0.254 e. The summed E-state index contributed by atoms with van der Waals surface area (Å²) in [7, 11) is 1.69. The molecule has 1 aliphatic rings. The fourth-order valence-electron chi connectivity index (χ4n) is 2.63. The highest BCUT2D eigenvalue weighted by atomic mass is 16.5. The van der Waals surface area contributed by atoms with Crippen molar-refractivity contribution in [3.63, 3.8) is 0 Å². The maximum absolute atomic E-state index is 12.6. The fourth-order valence-corrected chi connectivity index (χ4v) is 2.63. The van der Waals surface area contributed by atoms with Crippen LogP contribution in [-0.2, 0) is 4.74 Å². The van der Waals surface area contributed by atoms with E-state index in [1.165, 1.54) is 0 Å². The third-order valence-corrected chi connectivity index (χ3v) is 3.76. The van der Waals surface area contributed by atoms with Gasteiger partial charge in [0.05, 0.1) is 6.61 Å². The number of aryl methyl sites for hydroxylation is 1. The van der Waals surface area contributed by atoms with Gasteiger partial charge in [0.1, 0.15) is 6.61 Å². The molecule has 0 aliphatic carbocycles. The molecular weight excluding hydrogens is 266 g/mol. The summed E-state index contributed by atoms with van der Waals surface area (Å²) >= 11 is 0. The van der Waals surface area contributed by atoms with E-state index in [2.05, 4.69) is 11.8 Å². The van der Waals surface area contributed by atoms with E-state index in [1.807, 2.05) is 30.0 Å². The standard InChI is InChI=1S/C17H21NO3/c1-13-5-6-14(4-3-9-19)10-16(13)17(20)18-8-7-15(11-18)12-21-2/h5-6,10,15,19H,7-9,11-12H2,1-2H3. The van der Waals surface area contributed by atoms with Crippen LogP contribution in [0.2, 0.25) is 0 Å². The first kappa shape index (κ1) is 15.6. The van der Waals surface area contributed by atoms with Gasteiger partial charge in [-0.15, -0.1) is 0 Å². The van der Waals surface area contributed by atoms with Crippen LogP contribution in [0.4, 0.5) is 0 Å². The average Bonchev–Trinajstić information content (AvgIpc) is 2.95. The highest BCUT2D eigenvalue weighted by molar-refractivity contribution is 5.96. The smallest absolute Gasteiger partial charge is 0.254 e. The minimum absolute atomic E-state index is 0.0544. The molecule has 1 N–H and O–H groups in total. The Kier molecular flexibility index (Phi) is 5.38. The third kappa shape index (κ3) is 3.84. The normalized spacial score (nSPS) is 17.5. The lowest BCUT2D eigenvalue weighted by Gasteiger charge is -2.18. The summed E-state index contributed by atoms with van der Waals surface area (Å²) < 4.78 is 5.17. The average molecular weight is 287 g/mol. The van der Waals surface area contributed by atoms with E-state index in [4.69, 9.17) is 9.84 Å². The van der Waals surface area contributed by atoms with Crippen LogP contribution in [0, 0.1) is 24.7 Å². The third-order valence-electron chi connectivity index (χ3n) is 3.76. The molecule has 2 rings (SSSR count). The topological polar surface area (TPSA) is 49.8 Å². The Bertz CT molecular complexity index is 571. The molecule has 1 aromatic carbocycles. The Morgan fingerprint density at radius 3 is 3.05 bits per heavy atom. The van der Waals surface area contributed by atoms with Crippen molar-refractivity contribution in [3.8, 4) is 11.8 Å². The number of nitrogens with zero attached hydrogens (tertiary/aromatic N) is 1. The molecule has 0 spiro atoms. The van der Waals surface area contributed by atoms with Gasteiger partial charge in [0.25, 0.3) is 5.91 Å². The van der Waals surface area contributed by atoms with Crippen molar-refractivity contribution >= 4 is 5.91 Å². The second kappa shape index (κ2) is 7.26. The van der Waals surface area contributed by atoms with Gasteiger partial charge < -0.3 is 14.7 Å². The van der Waals surface area contributed by atoms with E-state index in [1.54, 1.807) is 7.11 Å². The summed E-state index contributed by atoms with van der Waals surface area (Å²) in [6, 6.07) is 5.58. The van der Waals surface area contributed by atoms with Crippen molar-refractivity contribution in [2.75, 3.05) is 33.4 Å². The van der Waals surface area contributed by atoms with Gasteiger partial charge in [-0.05, 0) is 31.0 Å². The van der Waals surface area contributed by atoms with E-state index in [0.717, 1.165) is 30.6 Å². The second-order valence-corrected chi connectivity index (χ2v) is 5.35. The highest BCUT2D eigenvalue weighted by Crippen LogP contribution is 2.21. The minimum Gasteiger partial charge on any atom is -0.384 e. The first-order valence-electron chi connectivity index (χ1n) is 7.14. The van der Waals surface area contributed by atoms with Crippen LogP contribution in [0.1, 0.15) is 27.9 Å². The van der Waals surface area contributed by atoms with Crippen LogP contribution in [-0.4, -0.2) is 49.3 Å². The van der Waals surface area contributed by atoms with Crippen molar-refractivity contribution in [1.82, 2.24) is 4.90 Å². The molecule has 0 radical (unpaired) electrons. The zero-order valence-electron chi connectivity index (χ0n) is 12.6. The summed E-state index contributed by atoms with van der Waals surface area (Å²) in [6.07, 6.45) is 0.989. The second-order valence-electron chi connectivity index (χ2n) is 5.35. The van der Waals surface area contributed by atoms with Crippen molar-refractivity contribution in [3.05, 3.63) is 34.9 Å². The molecule has 1 unspecified atom stereocenters. The van der Waals surface area contributed by atoms with Crippen LogP contribution in [0.3, 0.4) is 0 Å². The zero-order chi connectivity index (χ0) is 15.2.